The molecule has 0 amide bonds. The maximum absolute atomic E-state index is 8.92. The minimum atomic E-state index is -2.12. The molecule has 0 bridgehead atoms. The van der Waals surface area contributed by atoms with Crippen molar-refractivity contribution in [2.75, 3.05) is 0 Å². The van der Waals surface area contributed by atoms with Crippen LogP contribution in [0.1, 0.15) is 252 Å². The second-order valence-electron chi connectivity index (χ2n) is 39.6. The predicted molar refractivity (Wildman–Crippen MR) is 475 cm³/mol. The number of hydrogen-bond donors (Lipinski definition) is 0. The van der Waals surface area contributed by atoms with Crippen molar-refractivity contribution in [3.8, 4) is 56.3 Å². The normalized spacial score (nSPS) is 13.8. The van der Waals surface area contributed by atoms with Gasteiger partial charge in [-0.2, -0.15) is 0 Å². The van der Waals surface area contributed by atoms with E-state index in [1.165, 1.54) is 89.4 Å². The minimum absolute atomic E-state index is 0.287. The van der Waals surface area contributed by atoms with Crippen LogP contribution >= 0.6 is 0 Å². The molecule has 590 valence electrons. The Morgan fingerprint density at radius 2 is 0.491 bits per heavy atom. The molecule has 5 heterocycles. The number of hydrogen-bond acceptors (Lipinski definition) is 0. The molecule has 5 heteroatoms. The van der Waals surface area contributed by atoms with Crippen molar-refractivity contribution in [2.45, 2.75) is 259 Å². The molecule has 0 spiro atoms. The van der Waals surface area contributed by atoms with E-state index in [1.807, 2.05) is 155 Å². The molecule has 0 aliphatic carbocycles. The standard InChI is InChI=1S/2C23H34N.2C20H28N.C19H26N/c2*1-17-11-9-10-12-20(17)21-13-18(14-22(2,3)4)19(16-24(21)8)15-23(5,6)7;2*1-14-8-9-18(16(3)10-14)19-11-15(2)17(13-21(19)7)12-20(4,5)6;1-14-9-7-8-10-17(14)18-11-15(2)16(13-20(18)6)12-19(3,4)5/h2*9-13,16H,14-15H2,1-8H3;2*8-11,13H,12H2,1-7H3;7-11,13H,12H2,1-6H3/q5*+1/i14D2,15D2;;1D3,12D2;;. The van der Waals surface area contributed by atoms with Crippen LogP contribution in [0.3, 0.4) is 0 Å². The van der Waals surface area contributed by atoms with Crippen molar-refractivity contribution < 1.29 is 35.2 Å². The first kappa shape index (κ1) is 77.2. The molecule has 0 unspecified atom stereocenters. The molecule has 0 aliphatic heterocycles. The fraction of sp³-hybridized carbons (Fsp3) is 0.476. The van der Waals surface area contributed by atoms with Crippen LogP contribution < -0.4 is 22.8 Å². The van der Waals surface area contributed by atoms with Gasteiger partial charge in [-0.25, -0.2) is 22.8 Å². The molecule has 10 aromatic rings. The van der Waals surface area contributed by atoms with E-state index in [1.54, 1.807) is 18.3 Å². The van der Waals surface area contributed by atoms with Gasteiger partial charge in [-0.15, -0.1) is 0 Å². The van der Waals surface area contributed by atoms with Gasteiger partial charge in [-0.05, 0) is 238 Å². The fourth-order valence-corrected chi connectivity index (χ4v) is 14.3. The molecule has 0 atom stereocenters. The lowest BCUT2D eigenvalue weighted by Crippen LogP contribution is -2.33. The van der Waals surface area contributed by atoms with Crippen molar-refractivity contribution in [3.63, 3.8) is 0 Å². The van der Waals surface area contributed by atoms with Crippen LogP contribution in [0.4, 0.5) is 0 Å². The lowest BCUT2D eigenvalue weighted by Gasteiger charge is -2.24. The van der Waals surface area contributed by atoms with Gasteiger partial charge in [0, 0.05) is 98.3 Å². The van der Waals surface area contributed by atoms with Crippen molar-refractivity contribution in [1.29, 1.82) is 0 Å². The van der Waals surface area contributed by atoms with Crippen molar-refractivity contribution in [2.24, 2.45) is 73.1 Å². The van der Waals surface area contributed by atoms with E-state index in [0.29, 0.717) is 38.5 Å². The molecule has 0 saturated carbocycles. The van der Waals surface area contributed by atoms with Gasteiger partial charge in [0.15, 0.2) is 31.0 Å². The van der Waals surface area contributed by atoms with E-state index in [-0.39, 0.29) is 5.41 Å². The number of aryl methyl sites for hydroxylation is 15. The summed E-state index contributed by atoms with van der Waals surface area (Å²) in [6.45, 7) is 61.5. The summed E-state index contributed by atoms with van der Waals surface area (Å²) in [5.74, 6) is 0. The smallest absolute Gasteiger partial charge is 0.201 e. The van der Waals surface area contributed by atoms with Crippen LogP contribution in [0.2, 0.25) is 0 Å². The van der Waals surface area contributed by atoms with Gasteiger partial charge in [-0.3, -0.25) is 0 Å². The zero-order valence-corrected chi connectivity index (χ0v) is 75.2. The molecule has 0 saturated heterocycles. The molecule has 10 rings (SSSR count). The Morgan fingerprint density at radius 1 is 0.236 bits per heavy atom. The van der Waals surface area contributed by atoms with E-state index in [0.717, 1.165) is 64.9 Å². The highest BCUT2D eigenvalue weighted by Gasteiger charge is 2.28. The van der Waals surface area contributed by atoms with E-state index in [9.17, 15) is 0 Å². The predicted octanol–water partition coefficient (Wildman–Crippen LogP) is 25.1. The van der Waals surface area contributed by atoms with Gasteiger partial charge < -0.3 is 0 Å². The third-order valence-electron chi connectivity index (χ3n) is 19.2. The maximum Gasteiger partial charge on any atom is 0.212 e. The molecule has 0 fully saturated rings. The summed E-state index contributed by atoms with van der Waals surface area (Å²) in [5.41, 5.74) is 29.7. The highest BCUT2D eigenvalue weighted by atomic mass is 14.9. The Hall–Kier alpha value is -8.15. The van der Waals surface area contributed by atoms with Gasteiger partial charge in [0.25, 0.3) is 0 Å². The molecule has 5 nitrogen and oxygen atoms in total. The highest BCUT2D eigenvalue weighted by Crippen LogP contribution is 2.35. The molecule has 0 aliphatic rings. The number of aromatic nitrogens is 5. The molecule has 110 heavy (non-hydrogen) atoms. The van der Waals surface area contributed by atoms with Gasteiger partial charge in [0.1, 0.15) is 35.2 Å². The molecule has 5 aromatic heterocycles. The Bertz CT molecular complexity index is 5200. The average Bonchev–Trinajstić information content (AvgIpc) is 0.731. The van der Waals surface area contributed by atoms with E-state index >= 15 is 0 Å². The Balaban J connectivity index is 0.000000232. The topological polar surface area (TPSA) is 19.4 Å². The van der Waals surface area contributed by atoms with Crippen molar-refractivity contribution in [3.05, 3.63) is 265 Å². The lowest BCUT2D eigenvalue weighted by atomic mass is 9.81. The summed E-state index contributed by atoms with van der Waals surface area (Å²) in [5, 5.41) is 0. The summed E-state index contributed by atoms with van der Waals surface area (Å²) >= 11 is 0. The van der Waals surface area contributed by atoms with Crippen molar-refractivity contribution in [1.82, 2.24) is 0 Å². The highest BCUT2D eigenvalue weighted by molar-refractivity contribution is 5.66. The monoisotopic (exact) mass is 1490 g/mol. The second kappa shape index (κ2) is 37.0. The minimum Gasteiger partial charge on any atom is -0.201 e. The van der Waals surface area contributed by atoms with Gasteiger partial charge in [0.2, 0.25) is 28.5 Å². The van der Waals surface area contributed by atoms with E-state index in [4.69, 9.17) is 12.3 Å². The molecular weight excluding hydrogens is 1330 g/mol. The lowest BCUT2D eigenvalue weighted by molar-refractivity contribution is -0.661. The Labute approximate surface area is 685 Å². The SMILES string of the molecule is Cc1cc(-c2ccccc2C)[n+](C)cc1CC(C)(C)C.Cc1ccc(-c2cc(C)c(CC(C)(C)C)c[n+]2C)c(C)c1.Cc1ccccc1-c1cc(CC(C)(C)C)c(CC(C)(C)C)c[n+]1C.[2H]C([2H])([2H])c1ccc(-c2cc(C)c(C([2H])([2H])C(C)(C)C)c[n+]2C)c(C)c1.[2H]C([2H])(c1cc(-c2ccccc2C)[n+](C)cc1C([2H])([2H])C(C)(C)C)C(C)(C)C. The summed E-state index contributed by atoms with van der Waals surface area (Å²) in [6, 6.07) is 48.1. The molecule has 0 radical (unpaired) electrons. The van der Waals surface area contributed by atoms with Crippen LogP contribution in [-0.2, 0) is 80.0 Å². The fourth-order valence-electron chi connectivity index (χ4n) is 14.3. The number of rotatable bonds is 12. The number of pyridine rings is 5. The van der Waals surface area contributed by atoms with Crippen LogP contribution in [0.15, 0.2) is 171 Å². The first-order valence-electron chi connectivity index (χ1n) is 44.5. The van der Waals surface area contributed by atoms with Crippen molar-refractivity contribution >= 4 is 0 Å². The molecule has 0 N–H and O–H groups in total. The van der Waals surface area contributed by atoms with Gasteiger partial charge >= 0.3 is 0 Å². The van der Waals surface area contributed by atoms with E-state index in [2.05, 4.69) is 263 Å². The van der Waals surface area contributed by atoms with Crippen LogP contribution in [-0.4, -0.2) is 0 Å². The Kier molecular flexibility index (Phi) is 26.0. The molecule has 5 aromatic carbocycles. The summed E-state index contributed by atoms with van der Waals surface area (Å²) in [4.78, 5) is 0. The number of benzene rings is 5. The third-order valence-corrected chi connectivity index (χ3v) is 19.2. The second-order valence-corrected chi connectivity index (χ2v) is 39.6. The summed E-state index contributed by atoms with van der Waals surface area (Å²) < 4.78 is 86.0. The quantitative estimate of drug-likeness (QED) is 0.109. The largest absolute Gasteiger partial charge is 0.212 e. The van der Waals surface area contributed by atoms with Crippen LogP contribution in [0.25, 0.3) is 56.3 Å². The van der Waals surface area contributed by atoms with Gasteiger partial charge in [0.05, 0.1) is 0 Å². The average molecular weight is 1490 g/mol. The number of nitrogens with zero attached hydrogens (tertiary/aromatic N) is 5. The van der Waals surface area contributed by atoms with E-state index < -0.39 is 42.2 Å². The molecular formula is C105H150N5+5. The zero-order valence-electron chi connectivity index (χ0n) is 84.2. The first-order valence-corrected chi connectivity index (χ1v) is 40.0. The van der Waals surface area contributed by atoms with Gasteiger partial charge in [-0.1, -0.05) is 235 Å². The maximum atomic E-state index is 8.92. The van der Waals surface area contributed by atoms with Crippen LogP contribution in [0.5, 0.6) is 0 Å². The summed E-state index contributed by atoms with van der Waals surface area (Å²) in [7, 11) is 10.3. The first-order chi connectivity index (χ1) is 54.1. The van der Waals surface area contributed by atoms with Crippen LogP contribution in [0, 0.1) is 107 Å². The Morgan fingerprint density at radius 3 is 0.827 bits per heavy atom. The zero-order chi connectivity index (χ0) is 90.6. The summed E-state index contributed by atoms with van der Waals surface area (Å²) in [6.07, 6.45) is 10.2. The third kappa shape index (κ3) is 28.2.